The van der Waals surface area contributed by atoms with Crippen molar-refractivity contribution in [3.63, 3.8) is 0 Å². The first-order valence-corrected chi connectivity index (χ1v) is 11.9. The Morgan fingerprint density at radius 2 is 1.52 bits per heavy atom. The monoisotopic (exact) mass is 411 g/mol. The molecule has 1 unspecified atom stereocenters. The lowest BCUT2D eigenvalue weighted by Crippen LogP contribution is -2.39. The van der Waals surface area contributed by atoms with E-state index in [4.69, 9.17) is 4.74 Å². The highest BCUT2D eigenvalue weighted by Gasteiger charge is 2.20. The van der Waals surface area contributed by atoms with Crippen LogP contribution in [-0.4, -0.2) is 29.6 Å². The fourth-order valence-electron chi connectivity index (χ4n) is 3.85. The number of hydrogen-bond donors (Lipinski definition) is 1. The molecule has 1 amide bonds. The minimum Gasteiger partial charge on any atom is -0.368 e. The van der Waals surface area contributed by atoms with Gasteiger partial charge in [0, 0.05) is 11.8 Å². The van der Waals surface area contributed by atoms with Crippen molar-refractivity contribution in [2.24, 2.45) is 0 Å². The van der Waals surface area contributed by atoms with Gasteiger partial charge in [-0.25, -0.2) is 0 Å². The summed E-state index contributed by atoms with van der Waals surface area (Å²) >= 11 is 1.67. The Morgan fingerprint density at radius 1 is 0.966 bits per heavy atom. The smallest absolute Gasteiger partial charge is 0.233 e. The maximum atomic E-state index is 12.5. The molecule has 3 rings (SSSR count). The summed E-state index contributed by atoms with van der Waals surface area (Å²) in [7, 11) is 0. The molecule has 156 valence electrons. The highest BCUT2D eigenvalue weighted by Crippen LogP contribution is 2.26. The van der Waals surface area contributed by atoms with E-state index in [0.717, 1.165) is 29.7 Å². The Kier molecular flexibility index (Phi) is 9.10. The summed E-state index contributed by atoms with van der Waals surface area (Å²) in [6.45, 7) is 2.61. The van der Waals surface area contributed by atoms with Crippen LogP contribution >= 0.6 is 11.8 Å². The zero-order valence-electron chi connectivity index (χ0n) is 17.4. The maximum absolute atomic E-state index is 12.5. The number of carbonyl (C=O) groups is 1. The van der Waals surface area contributed by atoms with Crippen molar-refractivity contribution in [3.05, 3.63) is 71.8 Å². The van der Waals surface area contributed by atoms with Crippen molar-refractivity contribution in [2.75, 3.05) is 12.4 Å². The summed E-state index contributed by atoms with van der Waals surface area (Å²) in [5, 5.41) is 3.21. The van der Waals surface area contributed by atoms with E-state index in [2.05, 4.69) is 29.6 Å². The van der Waals surface area contributed by atoms with Gasteiger partial charge >= 0.3 is 0 Å². The minimum atomic E-state index is -0.0758. The zero-order chi connectivity index (χ0) is 20.3. The van der Waals surface area contributed by atoms with Crippen LogP contribution in [-0.2, 0) is 9.53 Å². The quantitative estimate of drug-likeness (QED) is 0.421. The Bertz CT molecular complexity index is 675. The molecule has 1 aliphatic rings. The van der Waals surface area contributed by atoms with Crippen LogP contribution < -0.4 is 5.32 Å². The topological polar surface area (TPSA) is 38.3 Å². The van der Waals surface area contributed by atoms with E-state index in [1.165, 1.54) is 25.7 Å². The number of nitrogens with one attached hydrogen (secondary N) is 1. The lowest BCUT2D eigenvalue weighted by atomic mass is 10.0. The molecule has 0 saturated heterocycles. The van der Waals surface area contributed by atoms with Crippen molar-refractivity contribution in [1.29, 1.82) is 0 Å². The number of ether oxygens (including phenoxy) is 1. The molecule has 4 heteroatoms. The molecule has 0 aliphatic heterocycles. The van der Waals surface area contributed by atoms with Crippen LogP contribution in [0.1, 0.15) is 62.7 Å². The first kappa shape index (κ1) is 21.9. The predicted molar refractivity (Wildman–Crippen MR) is 122 cm³/mol. The average molecular weight is 412 g/mol. The first-order valence-electron chi connectivity index (χ1n) is 10.9. The molecule has 0 bridgehead atoms. The second-order valence-electron chi connectivity index (χ2n) is 7.78. The van der Waals surface area contributed by atoms with Gasteiger partial charge in [0.1, 0.15) is 6.10 Å². The molecular weight excluding hydrogens is 378 g/mol. The SMILES string of the molecule is CC(SCCOC(c1ccccc1)c1ccccc1)C(=O)NC1CCCCCC1. The summed E-state index contributed by atoms with van der Waals surface area (Å²) in [5.74, 6) is 0.972. The number of carbonyl (C=O) groups excluding carboxylic acids is 1. The Hall–Kier alpha value is -1.78. The van der Waals surface area contributed by atoms with Crippen LogP contribution in [0, 0.1) is 0 Å². The van der Waals surface area contributed by atoms with Gasteiger partial charge in [0.15, 0.2) is 0 Å². The lowest BCUT2D eigenvalue weighted by Gasteiger charge is -2.21. The summed E-state index contributed by atoms with van der Waals surface area (Å²) in [5.41, 5.74) is 2.31. The third kappa shape index (κ3) is 7.20. The van der Waals surface area contributed by atoms with Gasteiger partial charge in [0.05, 0.1) is 11.9 Å². The number of hydrogen-bond acceptors (Lipinski definition) is 3. The second-order valence-corrected chi connectivity index (χ2v) is 9.23. The lowest BCUT2D eigenvalue weighted by molar-refractivity contribution is -0.121. The number of amides is 1. The summed E-state index contributed by atoms with van der Waals surface area (Å²) < 4.78 is 6.26. The Balaban J connectivity index is 1.46. The van der Waals surface area contributed by atoms with E-state index in [-0.39, 0.29) is 17.3 Å². The summed E-state index contributed by atoms with van der Waals surface area (Å²) in [6.07, 6.45) is 7.26. The van der Waals surface area contributed by atoms with Gasteiger partial charge in [-0.2, -0.15) is 0 Å². The minimum absolute atomic E-state index is 0.0475. The Morgan fingerprint density at radius 3 is 2.07 bits per heavy atom. The average Bonchev–Trinajstić information content (AvgIpc) is 3.03. The highest BCUT2D eigenvalue weighted by molar-refractivity contribution is 8.00. The molecule has 2 aromatic carbocycles. The van der Waals surface area contributed by atoms with E-state index < -0.39 is 0 Å². The third-order valence-corrected chi connectivity index (χ3v) is 6.63. The predicted octanol–water partition coefficient (Wildman–Crippen LogP) is 5.75. The van der Waals surface area contributed by atoms with E-state index in [1.807, 2.05) is 43.3 Å². The van der Waals surface area contributed by atoms with Gasteiger partial charge in [-0.15, -0.1) is 11.8 Å². The molecular formula is C25H33NO2S. The molecule has 1 fully saturated rings. The van der Waals surface area contributed by atoms with Crippen LogP contribution in [0.4, 0.5) is 0 Å². The zero-order valence-corrected chi connectivity index (χ0v) is 18.2. The van der Waals surface area contributed by atoms with E-state index in [1.54, 1.807) is 11.8 Å². The van der Waals surface area contributed by atoms with Crippen LogP contribution in [0.2, 0.25) is 0 Å². The third-order valence-electron chi connectivity index (χ3n) is 5.51. The van der Waals surface area contributed by atoms with Crippen LogP contribution in [0.25, 0.3) is 0 Å². The normalized spacial score (nSPS) is 16.3. The number of rotatable bonds is 9. The molecule has 0 radical (unpaired) electrons. The summed E-state index contributed by atoms with van der Waals surface area (Å²) in [4.78, 5) is 12.5. The number of benzene rings is 2. The molecule has 0 spiro atoms. The fraction of sp³-hybridized carbons (Fsp3) is 0.480. The van der Waals surface area contributed by atoms with Gasteiger partial charge in [-0.3, -0.25) is 4.79 Å². The van der Waals surface area contributed by atoms with Crippen LogP contribution in [0.3, 0.4) is 0 Å². The molecule has 29 heavy (non-hydrogen) atoms. The number of thioether (sulfide) groups is 1. The van der Waals surface area contributed by atoms with Crippen molar-refractivity contribution in [2.45, 2.75) is 62.8 Å². The largest absolute Gasteiger partial charge is 0.368 e. The van der Waals surface area contributed by atoms with E-state index >= 15 is 0 Å². The second kappa shape index (κ2) is 12.0. The van der Waals surface area contributed by atoms with Gasteiger partial charge < -0.3 is 10.1 Å². The first-order chi connectivity index (χ1) is 14.2. The van der Waals surface area contributed by atoms with Gasteiger partial charge in [0.2, 0.25) is 5.91 Å². The van der Waals surface area contributed by atoms with Crippen LogP contribution in [0.5, 0.6) is 0 Å². The maximum Gasteiger partial charge on any atom is 0.233 e. The molecule has 0 heterocycles. The molecule has 1 saturated carbocycles. The standard InChI is InChI=1S/C25H33NO2S/c1-20(25(27)26-23-16-10-2-3-11-17-23)29-19-18-28-24(21-12-6-4-7-13-21)22-14-8-5-9-15-22/h4-9,12-15,20,23-24H,2-3,10-11,16-19H2,1H3,(H,26,27). The van der Waals surface area contributed by atoms with Crippen molar-refractivity contribution < 1.29 is 9.53 Å². The van der Waals surface area contributed by atoms with E-state index in [9.17, 15) is 4.79 Å². The highest BCUT2D eigenvalue weighted by atomic mass is 32.2. The summed E-state index contributed by atoms with van der Waals surface area (Å²) in [6, 6.07) is 21.0. The fourth-order valence-corrected chi connectivity index (χ4v) is 4.61. The van der Waals surface area contributed by atoms with Crippen molar-refractivity contribution in [3.8, 4) is 0 Å². The van der Waals surface area contributed by atoms with Gasteiger partial charge in [0.25, 0.3) is 0 Å². The molecule has 1 atom stereocenters. The van der Waals surface area contributed by atoms with E-state index in [0.29, 0.717) is 12.6 Å². The van der Waals surface area contributed by atoms with Crippen molar-refractivity contribution in [1.82, 2.24) is 5.32 Å². The Labute approximate surface area is 179 Å². The van der Waals surface area contributed by atoms with Gasteiger partial charge in [-0.05, 0) is 30.9 Å². The molecule has 0 aromatic heterocycles. The molecule has 1 N–H and O–H groups in total. The molecule has 2 aromatic rings. The molecule has 1 aliphatic carbocycles. The molecule has 3 nitrogen and oxygen atoms in total. The van der Waals surface area contributed by atoms with Crippen LogP contribution in [0.15, 0.2) is 60.7 Å². The van der Waals surface area contributed by atoms with Crippen molar-refractivity contribution >= 4 is 17.7 Å². The van der Waals surface area contributed by atoms with Gasteiger partial charge in [-0.1, -0.05) is 86.3 Å².